The molecule has 1 heterocycles. The summed E-state index contributed by atoms with van der Waals surface area (Å²) in [7, 11) is 1.61. The molecule has 1 aromatic heterocycles. The largest absolute Gasteiger partial charge is 0.299 e. The molecule has 0 aliphatic carbocycles. The average molecular weight is 414 g/mol. The van der Waals surface area contributed by atoms with Crippen molar-refractivity contribution in [1.82, 2.24) is 20.4 Å². The highest BCUT2D eigenvalue weighted by Crippen LogP contribution is 2.20. The Labute approximate surface area is 170 Å². The molecule has 0 radical (unpaired) electrons. The normalized spacial score (nSPS) is 10.7. The molecule has 0 spiro atoms. The summed E-state index contributed by atoms with van der Waals surface area (Å²) in [5.41, 5.74) is 5.00. The number of fused-ring (bicyclic) bond motifs is 1. The summed E-state index contributed by atoms with van der Waals surface area (Å²) >= 11 is 1.04. The van der Waals surface area contributed by atoms with Crippen molar-refractivity contribution < 1.29 is 14.0 Å². The Balaban J connectivity index is 1.49. The van der Waals surface area contributed by atoms with Crippen LogP contribution in [0, 0.1) is 5.82 Å². The average Bonchev–Trinajstić information content (AvgIpc) is 2.73. The van der Waals surface area contributed by atoms with Crippen molar-refractivity contribution in [3.05, 3.63) is 70.5 Å². The Morgan fingerprint density at radius 1 is 1.07 bits per heavy atom. The molecule has 3 rings (SSSR count). The van der Waals surface area contributed by atoms with Gasteiger partial charge in [-0.1, -0.05) is 24.3 Å². The third kappa shape index (κ3) is 5.20. The minimum Gasteiger partial charge on any atom is -0.299 e. The molecule has 9 heteroatoms. The standard InChI is InChI=1S/C20H19FN4O3S/c1-25-17(22-15-8-4-2-6-13(15)20(25)28)10-11-18(26)23-24-19(27)12-29-16-9-5-3-7-14(16)21/h2-9H,10-12H2,1H3,(H,23,26)(H,24,27). The van der Waals surface area contributed by atoms with Gasteiger partial charge in [-0.15, -0.1) is 11.8 Å². The zero-order valence-electron chi connectivity index (χ0n) is 15.6. The molecule has 2 amide bonds. The van der Waals surface area contributed by atoms with E-state index in [-0.39, 0.29) is 24.2 Å². The van der Waals surface area contributed by atoms with E-state index in [4.69, 9.17) is 0 Å². The second-order valence-electron chi connectivity index (χ2n) is 6.22. The van der Waals surface area contributed by atoms with Crippen molar-refractivity contribution in [2.24, 2.45) is 7.05 Å². The van der Waals surface area contributed by atoms with Gasteiger partial charge in [0.05, 0.1) is 16.7 Å². The Morgan fingerprint density at radius 2 is 1.76 bits per heavy atom. The van der Waals surface area contributed by atoms with Crippen LogP contribution in [0.5, 0.6) is 0 Å². The molecule has 0 aliphatic heterocycles. The van der Waals surface area contributed by atoms with Crippen LogP contribution in [-0.2, 0) is 23.1 Å². The molecule has 0 fully saturated rings. The molecule has 3 aromatic rings. The molecule has 7 nitrogen and oxygen atoms in total. The number of para-hydroxylation sites is 1. The van der Waals surface area contributed by atoms with Crippen LogP contribution < -0.4 is 16.4 Å². The maximum Gasteiger partial charge on any atom is 0.261 e. The van der Waals surface area contributed by atoms with Gasteiger partial charge in [-0.05, 0) is 24.3 Å². The first-order chi connectivity index (χ1) is 14.0. The van der Waals surface area contributed by atoms with Crippen LogP contribution in [-0.4, -0.2) is 27.1 Å². The predicted molar refractivity (Wildman–Crippen MR) is 109 cm³/mol. The summed E-state index contributed by atoms with van der Waals surface area (Å²) in [6, 6.07) is 13.2. The van der Waals surface area contributed by atoms with Gasteiger partial charge in [-0.2, -0.15) is 0 Å². The summed E-state index contributed by atoms with van der Waals surface area (Å²) in [6.07, 6.45) is 0.279. The molecule has 0 unspecified atom stereocenters. The van der Waals surface area contributed by atoms with Crippen molar-refractivity contribution in [3.8, 4) is 0 Å². The first-order valence-electron chi connectivity index (χ1n) is 8.85. The molecular weight excluding hydrogens is 395 g/mol. The lowest BCUT2D eigenvalue weighted by molar-refractivity contribution is -0.127. The SMILES string of the molecule is Cn1c(CCC(=O)NNC(=O)CSc2ccccc2F)nc2ccccc2c1=O. The number of aryl methyl sites for hydroxylation is 1. The number of amides is 2. The molecule has 0 saturated carbocycles. The number of hydrogen-bond acceptors (Lipinski definition) is 5. The van der Waals surface area contributed by atoms with Crippen LogP contribution in [0.3, 0.4) is 0 Å². The lowest BCUT2D eigenvalue weighted by Crippen LogP contribution is -2.42. The van der Waals surface area contributed by atoms with Crippen LogP contribution >= 0.6 is 11.8 Å². The topological polar surface area (TPSA) is 93.1 Å². The maximum absolute atomic E-state index is 13.5. The number of rotatable bonds is 6. The monoisotopic (exact) mass is 414 g/mol. The first-order valence-corrected chi connectivity index (χ1v) is 9.84. The molecule has 2 N–H and O–H groups in total. The molecule has 150 valence electrons. The van der Waals surface area contributed by atoms with E-state index in [1.165, 1.54) is 10.6 Å². The highest BCUT2D eigenvalue weighted by Gasteiger charge is 2.11. The van der Waals surface area contributed by atoms with Crippen molar-refractivity contribution in [2.75, 3.05) is 5.75 Å². The Morgan fingerprint density at radius 3 is 2.55 bits per heavy atom. The summed E-state index contributed by atoms with van der Waals surface area (Å²) < 4.78 is 14.9. The van der Waals surface area contributed by atoms with Crippen molar-refractivity contribution in [2.45, 2.75) is 17.7 Å². The molecule has 2 aromatic carbocycles. The Hall–Kier alpha value is -3.20. The third-order valence-electron chi connectivity index (χ3n) is 4.19. The molecule has 29 heavy (non-hydrogen) atoms. The highest BCUT2D eigenvalue weighted by molar-refractivity contribution is 8.00. The highest BCUT2D eigenvalue weighted by atomic mass is 32.2. The number of halogens is 1. The van der Waals surface area contributed by atoms with Crippen LogP contribution in [0.2, 0.25) is 0 Å². The van der Waals surface area contributed by atoms with Crippen LogP contribution in [0.1, 0.15) is 12.2 Å². The fraction of sp³-hybridized carbons (Fsp3) is 0.200. The van der Waals surface area contributed by atoms with E-state index in [1.54, 1.807) is 49.5 Å². The Kier molecular flexibility index (Phi) is 6.61. The number of nitrogens with one attached hydrogen (secondary N) is 2. The van der Waals surface area contributed by atoms with Gasteiger partial charge in [0.2, 0.25) is 11.8 Å². The number of carbonyl (C=O) groups excluding carboxylic acids is 2. The van der Waals surface area contributed by atoms with E-state index in [0.29, 0.717) is 21.6 Å². The van der Waals surface area contributed by atoms with Crippen molar-refractivity contribution >= 4 is 34.5 Å². The van der Waals surface area contributed by atoms with Crippen molar-refractivity contribution in [3.63, 3.8) is 0 Å². The predicted octanol–water partition coefficient (Wildman–Crippen LogP) is 1.94. The first kappa shape index (κ1) is 20.5. The van der Waals surface area contributed by atoms with Crippen LogP contribution in [0.25, 0.3) is 10.9 Å². The second-order valence-corrected chi connectivity index (χ2v) is 7.24. The fourth-order valence-corrected chi connectivity index (χ4v) is 3.40. The molecule has 0 aliphatic rings. The van der Waals surface area contributed by atoms with E-state index in [0.717, 1.165) is 11.8 Å². The zero-order valence-corrected chi connectivity index (χ0v) is 16.5. The minimum absolute atomic E-state index is 0.0397. The molecule has 0 bridgehead atoms. The van der Waals surface area contributed by atoms with E-state index in [2.05, 4.69) is 15.8 Å². The number of carbonyl (C=O) groups is 2. The fourth-order valence-electron chi connectivity index (χ4n) is 2.66. The number of benzene rings is 2. The second kappa shape index (κ2) is 9.33. The maximum atomic E-state index is 13.5. The number of thioether (sulfide) groups is 1. The van der Waals surface area contributed by atoms with Gasteiger partial charge < -0.3 is 0 Å². The van der Waals surface area contributed by atoms with E-state index < -0.39 is 17.6 Å². The summed E-state index contributed by atoms with van der Waals surface area (Å²) in [4.78, 5) is 41.0. The number of hydrogen-bond donors (Lipinski definition) is 2. The lowest BCUT2D eigenvalue weighted by atomic mass is 10.2. The minimum atomic E-state index is -0.456. The van der Waals surface area contributed by atoms with Crippen LogP contribution in [0.15, 0.2) is 58.2 Å². The van der Waals surface area contributed by atoms with E-state index in [9.17, 15) is 18.8 Å². The quantitative estimate of drug-likeness (QED) is 0.475. The van der Waals surface area contributed by atoms with E-state index >= 15 is 0 Å². The van der Waals surface area contributed by atoms with Crippen LogP contribution in [0.4, 0.5) is 4.39 Å². The van der Waals surface area contributed by atoms with Crippen molar-refractivity contribution in [1.29, 1.82) is 0 Å². The van der Waals surface area contributed by atoms with Gasteiger partial charge in [0.1, 0.15) is 11.6 Å². The number of nitrogens with zero attached hydrogens (tertiary/aromatic N) is 2. The number of aromatic nitrogens is 2. The van der Waals surface area contributed by atoms with Gasteiger partial charge in [0.15, 0.2) is 0 Å². The van der Waals surface area contributed by atoms with Gasteiger partial charge in [-0.25, -0.2) is 9.37 Å². The van der Waals surface area contributed by atoms with Gasteiger partial charge in [-0.3, -0.25) is 29.8 Å². The summed E-state index contributed by atoms with van der Waals surface area (Å²) in [5.74, 6) is -0.838. The number of hydrazine groups is 1. The Bertz CT molecular complexity index is 1120. The third-order valence-corrected chi connectivity index (χ3v) is 5.24. The van der Waals surface area contributed by atoms with Gasteiger partial charge >= 0.3 is 0 Å². The summed E-state index contributed by atoms with van der Waals surface area (Å²) in [6.45, 7) is 0. The van der Waals surface area contributed by atoms with Gasteiger partial charge in [0, 0.05) is 24.8 Å². The summed E-state index contributed by atoms with van der Waals surface area (Å²) in [5, 5.41) is 0.516. The zero-order chi connectivity index (χ0) is 20.8. The molecule has 0 saturated heterocycles. The lowest BCUT2D eigenvalue weighted by Gasteiger charge is -2.10. The smallest absolute Gasteiger partial charge is 0.261 e. The van der Waals surface area contributed by atoms with E-state index in [1.807, 2.05) is 0 Å². The molecular formula is C20H19FN4O3S. The molecule has 0 atom stereocenters. The van der Waals surface area contributed by atoms with Gasteiger partial charge in [0.25, 0.3) is 5.56 Å².